The maximum atomic E-state index is 12.2. The van der Waals surface area contributed by atoms with Gasteiger partial charge in [-0.15, -0.1) is 11.3 Å². The summed E-state index contributed by atoms with van der Waals surface area (Å²) in [4.78, 5) is 39.1. The molecule has 0 saturated heterocycles. The minimum absolute atomic E-state index is 0.121. The summed E-state index contributed by atoms with van der Waals surface area (Å²) in [6.45, 7) is -0.250. The number of nitrogens with zero attached hydrogens (tertiary/aromatic N) is 1. The van der Waals surface area contributed by atoms with Crippen LogP contribution in [0.1, 0.15) is 38.7 Å². The van der Waals surface area contributed by atoms with Gasteiger partial charge in [0.05, 0.1) is 19.4 Å². The number of rotatable bonds is 7. The number of furan rings is 1. The van der Waals surface area contributed by atoms with Crippen molar-refractivity contribution in [1.29, 1.82) is 0 Å². The summed E-state index contributed by atoms with van der Waals surface area (Å²) in [6.07, 6.45) is 5.81. The van der Waals surface area contributed by atoms with Gasteiger partial charge in [-0.3, -0.25) is 9.59 Å². The highest BCUT2D eigenvalue weighted by Gasteiger charge is 2.20. The maximum Gasteiger partial charge on any atom is 0.348 e. The lowest BCUT2D eigenvalue weighted by molar-refractivity contribution is -0.137. The van der Waals surface area contributed by atoms with Gasteiger partial charge in [0.2, 0.25) is 5.91 Å². The minimum Gasteiger partial charge on any atom is -0.467 e. The number of likely N-dealkylation sites (N-methyl/N-ethyl adjacent to an activating group) is 1. The van der Waals surface area contributed by atoms with E-state index in [1.165, 1.54) is 40.0 Å². The fraction of sp³-hybridized carbons (Fsp3) is 0.421. The van der Waals surface area contributed by atoms with Crippen LogP contribution in [-0.4, -0.2) is 42.9 Å². The molecule has 2 aromatic rings. The summed E-state index contributed by atoms with van der Waals surface area (Å²) < 4.78 is 10.2. The summed E-state index contributed by atoms with van der Waals surface area (Å²) in [6, 6.07) is 5.35. The summed E-state index contributed by atoms with van der Waals surface area (Å²) >= 11 is 1.45. The van der Waals surface area contributed by atoms with Gasteiger partial charge in [-0.25, -0.2) is 4.79 Å². The lowest BCUT2D eigenvalue weighted by atomic mass is 9.99. The van der Waals surface area contributed by atoms with E-state index in [1.807, 2.05) is 6.07 Å². The molecule has 0 spiro atoms. The first kappa shape index (κ1) is 19.2. The molecule has 1 aliphatic carbocycles. The fourth-order valence-corrected chi connectivity index (χ4v) is 4.01. The van der Waals surface area contributed by atoms with Crippen LogP contribution in [0.2, 0.25) is 0 Å². The van der Waals surface area contributed by atoms with Gasteiger partial charge in [0, 0.05) is 11.9 Å². The fourth-order valence-electron chi connectivity index (χ4n) is 2.86. The second-order valence-corrected chi connectivity index (χ2v) is 7.58. The van der Waals surface area contributed by atoms with Crippen LogP contribution in [0.3, 0.4) is 0 Å². The van der Waals surface area contributed by atoms with Gasteiger partial charge < -0.3 is 19.4 Å². The lowest BCUT2D eigenvalue weighted by Crippen LogP contribution is -2.39. The summed E-state index contributed by atoms with van der Waals surface area (Å²) in [7, 11) is 1.49. The summed E-state index contributed by atoms with van der Waals surface area (Å²) in [5.41, 5.74) is 1.22. The number of thiophene rings is 1. The van der Waals surface area contributed by atoms with Crippen molar-refractivity contribution in [3.05, 3.63) is 45.5 Å². The monoisotopic (exact) mass is 390 g/mol. The number of ether oxygens (including phenoxy) is 1. The SMILES string of the molecule is CN(CC(=O)NCc1ccco1)C(=O)COC(=O)c1cc2c(s1)CCCC2. The van der Waals surface area contributed by atoms with Crippen LogP contribution in [-0.2, 0) is 33.7 Å². The second kappa shape index (κ2) is 8.85. The molecule has 2 amide bonds. The van der Waals surface area contributed by atoms with Crippen LogP contribution in [0.5, 0.6) is 0 Å². The maximum absolute atomic E-state index is 12.2. The number of nitrogens with one attached hydrogen (secondary N) is 1. The molecule has 0 radical (unpaired) electrons. The average Bonchev–Trinajstić information content (AvgIpc) is 3.33. The van der Waals surface area contributed by atoms with Crippen LogP contribution >= 0.6 is 11.3 Å². The Morgan fingerprint density at radius 2 is 2.11 bits per heavy atom. The molecule has 144 valence electrons. The highest BCUT2D eigenvalue weighted by atomic mass is 32.1. The van der Waals surface area contributed by atoms with Crippen molar-refractivity contribution >= 4 is 29.1 Å². The zero-order valence-corrected chi connectivity index (χ0v) is 16.0. The summed E-state index contributed by atoms with van der Waals surface area (Å²) in [5, 5.41) is 2.66. The predicted octanol–water partition coefficient (Wildman–Crippen LogP) is 2.15. The molecule has 2 heterocycles. The average molecular weight is 390 g/mol. The Labute approximate surface area is 161 Å². The molecule has 3 rings (SSSR count). The van der Waals surface area contributed by atoms with Gasteiger partial charge in [-0.1, -0.05) is 0 Å². The molecule has 0 saturated carbocycles. The van der Waals surface area contributed by atoms with E-state index < -0.39 is 11.9 Å². The third-order valence-electron chi connectivity index (χ3n) is 4.37. The first-order valence-corrected chi connectivity index (χ1v) is 9.66. The largest absolute Gasteiger partial charge is 0.467 e. The first-order chi connectivity index (χ1) is 13.0. The Kier molecular flexibility index (Phi) is 6.28. The predicted molar refractivity (Wildman–Crippen MR) is 99.4 cm³/mol. The smallest absolute Gasteiger partial charge is 0.348 e. The van der Waals surface area contributed by atoms with E-state index >= 15 is 0 Å². The molecule has 0 bridgehead atoms. The van der Waals surface area contributed by atoms with Gasteiger partial charge in [0.1, 0.15) is 10.6 Å². The van der Waals surface area contributed by atoms with Crippen molar-refractivity contribution in [2.45, 2.75) is 32.2 Å². The molecule has 7 nitrogen and oxygen atoms in total. The number of esters is 1. The molecule has 1 aliphatic rings. The number of hydrogen-bond acceptors (Lipinski definition) is 6. The Hall–Kier alpha value is -2.61. The molecule has 0 aliphatic heterocycles. The van der Waals surface area contributed by atoms with E-state index in [4.69, 9.17) is 9.15 Å². The van der Waals surface area contributed by atoms with Crippen molar-refractivity contribution in [3.8, 4) is 0 Å². The van der Waals surface area contributed by atoms with Crippen LogP contribution < -0.4 is 5.32 Å². The molecular weight excluding hydrogens is 368 g/mol. The van der Waals surface area contributed by atoms with E-state index in [1.54, 1.807) is 12.1 Å². The standard InChI is InChI=1S/C19H22N2O5S/c1-21(11-17(22)20-10-14-6-4-8-25-14)18(23)12-26-19(24)16-9-13-5-2-3-7-15(13)27-16/h4,6,8-9H,2-3,5,7,10-12H2,1H3,(H,20,22). The number of aryl methyl sites for hydroxylation is 2. The van der Waals surface area contributed by atoms with Crippen molar-refractivity contribution in [3.63, 3.8) is 0 Å². The molecule has 2 aromatic heterocycles. The Balaban J connectivity index is 1.41. The van der Waals surface area contributed by atoms with E-state index in [-0.39, 0.29) is 25.6 Å². The molecular formula is C19H22N2O5S. The quantitative estimate of drug-likeness (QED) is 0.732. The van der Waals surface area contributed by atoms with Gasteiger partial charge >= 0.3 is 5.97 Å². The zero-order valence-electron chi connectivity index (χ0n) is 15.2. The minimum atomic E-state index is -0.488. The first-order valence-electron chi connectivity index (χ1n) is 8.84. The van der Waals surface area contributed by atoms with Crippen molar-refractivity contribution in [2.24, 2.45) is 0 Å². The number of hydrogen-bond donors (Lipinski definition) is 1. The van der Waals surface area contributed by atoms with Crippen molar-refractivity contribution in [2.75, 3.05) is 20.2 Å². The lowest BCUT2D eigenvalue weighted by Gasteiger charge is -2.16. The van der Waals surface area contributed by atoms with Crippen LogP contribution in [0.25, 0.3) is 0 Å². The van der Waals surface area contributed by atoms with E-state index in [9.17, 15) is 14.4 Å². The molecule has 27 heavy (non-hydrogen) atoms. The molecule has 0 unspecified atom stereocenters. The second-order valence-electron chi connectivity index (χ2n) is 6.45. The molecule has 0 aromatic carbocycles. The van der Waals surface area contributed by atoms with E-state index in [0.717, 1.165) is 25.7 Å². The molecule has 0 fully saturated rings. The van der Waals surface area contributed by atoms with Crippen molar-refractivity contribution < 1.29 is 23.5 Å². The van der Waals surface area contributed by atoms with Crippen molar-refractivity contribution in [1.82, 2.24) is 10.2 Å². The zero-order chi connectivity index (χ0) is 19.2. The topological polar surface area (TPSA) is 88.8 Å². The Bertz CT molecular complexity index is 789. The molecule has 0 atom stereocenters. The number of fused-ring (bicyclic) bond motifs is 1. The Morgan fingerprint density at radius 3 is 2.85 bits per heavy atom. The van der Waals surface area contributed by atoms with Gasteiger partial charge in [-0.2, -0.15) is 0 Å². The van der Waals surface area contributed by atoms with Gasteiger partial charge in [0.25, 0.3) is 5.91 Å². The highest BCUT2D eigenvalue weighted by molar-refractivity contribution is 7.14. The van der Waals surface area contributed by atoms with E-state index in [2.05, 4.69) is 5.32 Å². The number of carbonyl (C=O) groups is 3. The van der Waals surface area contributed by atoms with Gasteiger partial charge in [-0.05, 0) is 49.4 Å². The van der Waals surface area contributed by atoms with Crippen LogP contribution in [0.4, 0.5) is 0 Å². The summed E-state index contributed by atoms with van der Waals surface area (Å²) in [5.74, 6) is -0.611. The van der Waals surface area contributed by atoms with E-state index in [0.29, 0.717) is 10.6 Å². The Morgan fingerprint density at radius 1 is 1.30 bits per heavy atom. The van der Waals surface area contributed by atoms with Gasteiger partial charge in [0.15, 0.2) is 6.61 Å². The molecule has 1 N–H and O–H groups in total. The number of amides is 2. The van der Waals surface area contributed by atoms with Crippen LogP contribution in [0, 0.1) is 0 Å². The normalized spacial score (nSPS) is 12.9. The molecule has 8 heteroatoms. The van der Waals surface area contributed by atoms with Crippen LogP contribution in [0.15, 0.2) is 28.9 Å². The highest BCUT2D eigenvalue weighted by Crippen LogP contribution is 2.29. The number of carbonyl (C=O) groups excluding carboxylic acids is 3. The third-order valence-corrected chi connectivity index (χ3v) is 5.59. The third kappa shape index (κ3) is 5.19.